The van der Waals surface area contributed by atoms with Crippen LogP contribution in [0.2, 0.25) is 0 Å². The van der Waals surface area contributed by atoms with E-state index >= 15 is 8.78 Å². The Morgan fingerprint density at radius 3 is 2.35 bits per heavy atom. The van der Waals surface area contributed by atoms with Crippen molar-refractivity contribution in [3.8, 4) is 0 Å². The van der Waals surface area contributed by atoms with Crippen LogP contribution in [0.25, 0.3) is 0 Å². The Labute approximate surface area is 153 Å². The van der Waals surface area contributed by atoms with E-state index in [9.17, 15) is 13.6 Å². The number of alkyl halides is 4. The number of carbonyl (C=O) groups is 1. The number of piperidine rings is 1. The average molecular weight is 389 g/mol. The van der Waals surface area contributed by atoms with Gasteiger partial charge >= 0.3 is 12.3 Å². The second-order valence-electron chi connectivity index (χ2n) is 6.29. The summed E-state index contributed by atoms with van der Waals surface area (Å²) in [6, 6.07) is 7.96. The molecular weight excluding hydrogens is 370 g/mol. The molecule has 0 radical (unpaired) electrons. The Bertz CT molecular complexity index is 695. The Morgan fingerprint density at radius 2 is 1.81 bits per heavy atom. The predicted octanol–water partition coefficient (Wildman–Crippen LogP) is 4.18. The number of anilines is 1. The molecule has 1 atom stereocenters. The first kappa shape index (κ1) is 19.2. The van der Waals surface area contributed by atoms with Crippen LogP contribution in [0, 0.1) is 0 Å². The molecule has 2 heterocycles. The first-order chi connectivity index (χ1) is 12.3. The van der Waals surface area contributed by atoms with Crippen molar-refractivity contribution >= 4 is 28.3 Å². The number of benzene rings is 1. The third-order valence-corrected chi connectivity index (χ3v) is 6.06. The molecule has 1 aromatic carbocycles. The zero-order valence-electron chi connectivity index (χ0n) is 14.2. The van der Waals surface area contributed by atoms with E-state index in [0.717, 1.165) is 11.4 Å². The van der Waals surface area contributed by atoms with E-state index < -0.39 is 23.1 Å². The highest BCUT2D eigenvalue weighted by atomic mass is 32.2. The number of likely N-dealkylation sites (tertiary alicyclic amines) is 1. The lowest BCUT2D eigenvalue weighted by Crippen LogP contribution is -2.68. The lowest BCUT2D eigenvalue weighted by Gasteiger charge is -2.49. The highest BCUT2D eigenvalue weighted by Crippen LogP contribution is 2.54. The largest absolute Gasteiger partial charge is 0.355 e. The topological polar surface area (TPSA) is 35.9 Å². The molecule has 0 N–H and O–H groups in total. The van der Waals surface area contributed by atoms with Crippen LogP contribution in [-0.2, 0) is 4.79 Å². The monoisotopic (exact) mass is 389 g/mol. The van der Waals surface area contributed by atoms with Gasteiger partial charge in [-0.3, -0.25) is 9.69 Å². The van der Waals surface area contributed by atoms with E-state index in [1.807, 2.05) is 0 Å². The molecule has 26 heavy (non-hydrogen) atoms. The highest BCUT2D eigenvalue weighted by molar-refractivity contribution is 8.17. The minimum Gasteiger partial charge on any atom is -0.292 e. The van der Waals surface area contributed by atoms with E-state index in [0.29, 0.717) is 24.6 Å². The van der Waals surface area contributed by atoms with Crippen LogP contribution >= 0.6 is 11.8 Å². The summed E-state index contributed by atoms with van der Waals surface area (Å²) >= 11 is 0.433. The third-order valence-electron chi connectivity index (χ3n) is 4.51. The van der Waals surface area contributed by atoms with Crippen LogP contribution in [0.15, 0.2) is 35.4 Å². The second-order valence-corrected chi connectivity index (χ2v) is 7.45. The van der Waals surface area contributed by atoms with E-state index in [2.05, 4.69) is 5.10 Å². The van der Waals surface area contributed by atoms with Crippen molar-refractivity contribution in [1.29, 1.82) is 0 Å². The Hall–Kier alpha value is -1.61. The van der Waals surface area contributed by atoms with Crippen molar-refractivity contribution in [2.75, 3.05) is 18.1 Å². The molecule has 0 aliphatic carbocycles. The van der Waals surface area contributed by atoms with Crippen molar-refractivity contribution in [2.24, 2.45) is 5.10 Å². The molecule has 0 saturated carbocycles. The van der Waals surface area contributed by atoms with Gasteiger partial charge in [0.05, 0.1) is 5.69 Å². The number of hydrogen-bond donors (Lipinski definition) is 0. The quantitative estimate of drug-likeness (QED) is 0.708. The number of rotatable bonds is 5. The minimum atomic E-state index is -4.41. The molecule has 2 aliphatic rings. The van der Waals surface area contributed by atoms with Gasteiger partial charge in [0.25, 0.3) is 0 Å². The highest BCUT2D eigenvalue weighted by Gasteiger charge is 2.70. The van der Waals surface area contributed by atoms with Gasteiger partial charge in [0.15, 0.2) is 10.8 Å². The molecule has 3 rings (SSSR count). The first-order valence-corrected chi connectivity index (χ1v) is 9.17. The molecule has 1 aromatic rings. The minimum absolute atomic E-state index is 0.195. The van der Waals surface area contributed by atoms with Crippen LogP contribution in [0.1, 0.15) is 26.2 Å². The summed E-state index contributed by atoms with van der Waals surface area (Å²) in [6.45, 7) is 1.67. The summed E-state index contributed by atoms with van der Waals surface area (Å²) in [5, 5.41) is 4.76. The number of nitrogens with zero attached hydrogens (tertiary/aromatic N) is 3. The van der Waals surface area contributed by atoms with Gasteiger partial charge in [0, 0.05) is 20.0 Å². The maximum absolute atomic E-state index is 15.0. The number of ketones is 1. The fourth-order valence-electron chi connectivity index (χ4n) is 3.26. The van der Waals surface area contributed by atoms with Gasteiger partial charge in [0.1, 0.15) is 0 Å². The number of hydrazone groups is 1. The van der Waals surface area contributed by atoms with Crippen LogP contribution in [0.5, 0.6) is 0 Å². The predicted molar refractivity (Wildman–Crippen MR) is 93.7 cm³/mol. The number of halogens is 4. The van der Waals surface area contributed by atoms with Crippen LogP contribution in [0.3, 0.4) is 0 Å². The fourth-order valence-corrected chi connectivity index (χ4v) is 4.56. The van der Waals surface area contributed by atoms with E-state index in [4.69, 9.17) is 0 Å². The molecule has 4 nitrogen and oxygen atoms in total. The van der Waals surface area contributed by atoms with Gasteiger partial charge in [-0.25, -0.2) is 13.8 Å². The van der Waals surface area contributed by atoms with Gasteiger partial charge in [-0.15, -0.1) is 0 Å². The molecule has 142 valence electrons. The second kappa shape index (κ2) is 7.19. The Balaban J connectivity index is 2.18. The van der Waals surface area contributed by atoms with Gasteiger partial charge in [-0.1, -0.05) is 24.6 Å². The summed E-state index contributed by atoms with van der Waals surface area (Å²) in [6.07, 6.45) is -1.80. The number of carbonyl (C=O) groups excluding carboxylic acids is 1. The molecule has 1 fully saturated rings. The van der Waals surface area contributed by atoms with E-state index in [1.165, 1.54) is 24.0 Å². The molecular formula is C17H19F4N3OS. The van der Waals surface area contributed by atoms with Crippen molar-refractivity contribution in [2.45, 2.75) is 43.5 Å². The first-order valence-electron chi connectivity index (χ1n) is 8.35. The molecule has 0 bridgehead atoms. The van der Waals surface area contributed by atoms with Gasteiger partial charge in [0.2, 0.25) is 4.99 Å². The number of Topliss-reactive ketones (excluding diaryl/α,β-unsaturated/α-hetero) is 1. The van der Waals surface area contributed by atoms with Gasteiger partial charge in [-0.05, 0) is 36.7 Å². The number of thioether (sulfide) groups is 1. The van der Waals surface area contributed by atoms with Crippen molar-refractivity contribution in [3.63, 3.8) is 0 Å². The fraction of sp³-hybridized carbons (Fsp3) is 0.529. The lowest BCUT2D eigenvalue weighted by molar-refractivity contribution is -0.187. The van der Waals surface area contributed by atoms with Crippen molar-refractivity contribution in [1.82, 2.24) is 4.90 Å². The average Bonchev–Trinajstić information content (AvgIpc) is 3.06. The van der Waals surface area contributed by atoms with Crippen LogP contribution in [0.4, 0.5) is 23.2 Å². The smallest absolute Gasteiger partial charge is 0.292 e. The van der Waals surface area contributed by atoms with Gasteiger partial charge < -0.3 is 0 Å². The lowest BCUT2D eigenvalue weighted by atomic mass is 10.1. The van der Waals surface area contributed by atoms with Gasteiger partial charge in [-0.2, -0.15) is 13.9 Å². The zero-order valence-corrected chi connectivity index (χ0v) is 15.0. The molecule has 0 amide bonds. The summed E-state index contributed by atoms with van der Waals surface area (Å²) < 4.78 is 57.1. The van der Waals surface area contributed by atoms with E-state index in [-0.39, 0.29) is 23.8 Å². The summed E-state index contributed by atoms with van der Waals surface area (Å²) in [4.78, 5) is 10.7. The molecule has 2 aliphatic heterocycles. The normalized spacial score (nSPS) is 24.8. The maximum Gasteiger partial charge on any atom is 0.355 e. The molecule has 1 saturated heterocycles. The SMILES string of the molecule is CC(=O)C1=NN(c2ccccc2)C(N2CCCCC2)(C(F)(F)C(F)F)S1. The molecule has 1 unspecified atom stereocenters. The van der Waals surface area contributed by atoms with Crippen molar-refractivity contribution in [3.05, 3.63) is 30.3 Å². The summed E-state index contributed by atoms with van der Waals surface area (Å²) in [7, 11) is 0. The summed E-state index contributed by atoms with van der Waals surface area (Å²) in [5.41, 5.74) is 0.238. The van der Waals surface area contributed by atoms with Crippen LogP contribution < -0.4 is 5.01 Å². The van der Waals surface area contributed by atoms with Crippen LogP contribution in [-0.4, -0.2) is 46.2 Å². The summed E-state index contributed by atoms with van der Waals surface area (Å²) in [5.74, 6) is -4.94. The van der Waals surface area contributed by atoms with Crippen molar-refractivity contribution < 1.29 is 22.4 Å². The third kappa shape index (κ3) is 3.00. The standard InChI is InChI=1S/C17H19F4N3OS/c1-12(25)14-22-24(13-8-4-2-5-9-13)17(26-14,16(20,21)15(18)19)23-10-6-3-7-11-23/h2,4-5,8-9,15H,3,6-7,10-11H2,1H3. The number of para-hydroxylation sites is 1. The molecule has 0 spiro atoms. The Kier molecular flexibility index (Phi) is 5.30. The molecule has 9 heteroatoms. The maximum atomic E-state index is 15.0. The number of hydrogen-bond acceptors (Lipinski definition) is 5. The molecule has 0 aromatic heterocycles. The Morgan fingerprint density at radius 1 is 1.19 bits per heavy atom. The zero-order chi connectivity index (χ0) is 18.9. The van der Waals surface area contributed by atoms with E-state index in [1.54, 1.807) is 18.2 Å².